The molecule has 0 aliphatic heterocycles. The molecule has 0 aliphatic carbocycles. The molecule has 0 saturated carbocycles. The Morgan fingerprint density at radius 3 is 2.52 bits per heavy atom. The highest BCUT2D eigenvalue weighted by Gasteiger charge is 2.14. The van der Waals surface area contributed by atoms with Crippen LogP contribution in [0.25, 0.3) is 0 Å². The number of nitrogens with two attached hydrogens (primary N) is 1. The molecule has 0 heterocycles. The van der Waals surface area contributed by atoms with Gasteiger partial charge in [-0.05, 0) is 43.7 Å². The van der Waals surface area contributed by atoms with E-state index in [1.807, 2.05) is 13.0 Å². The molecule has 2 aromatic rings. The minimum atomic E-state index is -3.87. The van der Waals surface area contributed by atoms with Crippen LogP contribution in [0.5, 0.6) is 0 Å². The van der Waals surface area contributed by atoms with Gasteiger partial charge in [0, 0.05) is 5.69 Å². The number of rotatable bonds is 5. The topological polar surface area (TPSA) is 116 Å². The molecule has 1 amide bonds. The Labute approximate surface area is 145 Å². The van der Waals surface area contributed by atoms with Crippen molar-refractivity contribution < 1.29 is 22.7 Å². The van der Waals surface area contributed by atoms with Crippen LogP contribution in [-0.2, 0) is 19.6 Å². The fraction of sp³-hybridized carbons (Fsp3) is 0.176. The number of carbonyl (C=O) groups excluding carboxylic acids is 2. The van der Waals surface area contributed by atoms with Crippen molar-refractivity contribution >= 4 is 27.6 Å². The molecule has 0 unspecified atom stereocenters. The number of nitrogens with one attached hydrogen (secondary N) is 1. The van der Waals surface area contributed by atoms with E-state index >= 15 is 0 Å². The van der Waals surface area contributed by atoms with Crippen LogP contribution in [0.3, 0.4) is 0 Å². The summed E-state index contributed by atoms with van der Waals surface area (Å²) >= 11 is 0. The first-order valence-electron chi connectivity index (χ1n) is 7.34. The van der Waals surface area contributed by atoms with Gasteiger partial charge in [0.15, 0.2) is 6.61 Å². The third-order valence-electron chi connectivity index (χ3n) is 3.39. The first kappa shape index (κ1) is 18.6. The summed E-state index contributed by atoms with van der Waals surface area (Å²) in [5, 5.41) is 7.49. The Balaban J connectivity index is 1.99. The SMILES string of the molecule is Cc1ccc(C)c(C(=O)OCC(=O)Nc2cccc(S(N)(=O)=O)c2)c1. The zero-order valence-electron chi connectivity index (χ0n) is 13.8. The van der Waals surface area contributed by atoms with Gasteiger partial charge in [-0.1, -0.05) is 23.8 Å². The lowest BCUT2D eigenvalue weighted by Gasteiger charge is -2.09. The molecule has 0 bridgehead atoms. The minimum Gasteiger partial charge on any atom is -0.452 e. The van der Waals surface area contributed by atoms with E-state index in [4.69, 9.17) is 9.88 Å². The van der Waals surface area contributed by atoms with Crippen molar-refractivity contribution in [3.63, 3.8) is 0 Å². The normalized spacial score (nSPS) is 11.0. The highest BCUT2D eigenvalue weighted by Crippen LogP contribution is 2.15. The van der Waals surface area contributed by atoms with Crippen LogP contribution in [0.15, 0.2) is 47.4 Å². The number of amides is 1. The molecular weight excluding hydrogens is 344 g/mol. The number of aryl methyl sites for hydroxylation is 2. The minimum absolute atomic E-state index is 0.127. The molecule has 2 aromatic carbocycles. The predicted octanol–water partition coefficient (Wildman–Crippen LogP) is 1.75. The Bertz CT molecular complexity index is 922. The molecule has 0 spiro atoms. The van der Waals surface area contributed by atoms with Gasteiger partial charge >= 0.3 is 5.97 Å². The van der Waals surface area contributed by atoms with Crippen molar-refractivity contribution in [2.45, 2.75) is 18.7 Å². The Kier molecular flexibility index (Phi) is 5.55. The molecule has 0 radical (unpaired) electrons. The lowest BCUT2D eigenvalue weighted by atomic mass is 10.1. The van der Waals surface area contributed by atoms with Crippen LogP contribution in [0.4, 0.5) is 5.69 Å². The third kappa shape index (κ3) is 5.13. The van der Waals surface area contributed by atoms with E-state index in [1.54, 1.807) is 19.1 Å². The molecule has 2 rings (SSSR count). The second kappa shape index (κ2) is 7.45. The average molecular weight is 362 g/mol. The van der Waals surface area contributed by atoms with Gasteiger partial charge in [0.25, 0.3) is 5.91 Å². The van der Waals surface area contributed by atoms with Gasteiger partial charge < -0.3 is 10.1 Å². The van der Waals surface area contributed by atoms with Gasteiger partial charge in [0.1, 0.15) is 0 Å². The largest absolute Gasteiger partial charge is 0.452 e. The molecule has 8 heteroatoms. The maximum atomic E-state index is 12.1. The van der Waals surface area contributed by atoms with Crippen LogP contribution in [0.2, 0.25) is 0 Å². The highest BCUT2D eigenvalue weighted by atomic mass is 32.2. The molecule has 7 nitrogen and oxygen atoms in total. The second-order valence-electron chi connectivity index (χ2n) is 5.52. The standard InChI is InChI=1S/C17H18N2O5S/c1-11-6-7-12(2)15(8-11)17(21)24-10-16(20)19-13-4-3-5-14(9-13)25(18,22)23/h3-9H,10H2,1-2H3,(H,19,20)(H2,18,22,23). The number of primary sulfonamides is 1. The van der Waals surface area contributed by atoms with E-state index in [9.17, 15) is 18.0 Å². The third-order valence-corrected chi connectivity index (χ3v) is 4.30. The van der Waals surface area contributed by atoms with Gasteiger partial charge in [0.05, 0.1) is 10.5 Å². The number of hydrogen-bond acceptors (Lipinski definition) is 5. The lowest BCUT2D eigenvalue weighted by Crippen LogP contribution is -2.21. The van der Waals surface area contributed by atoms with Gasteiger partial charge in [0.2, 0.25) is 10.0 Å². The molecular formula is C17H18N2O5S. The first-order chi connectivity index (χ1) is 11.7. The van der Waals surface area contributed by atoms with Crippen molar-refractivity contribution in [3.05, 3.63) is 59.2 Å². The maximum absolute atomic E-state index is 12.1. The Hall–Kier alpha value is -2.71. The van der Waals surface area contributed by atoms with Gasteiger partial charge in [-0.2, -0.15) is 0 Å². The summed E-state index contributed by atoms with van der Waals surface area (Å²) in [5.74, 6) is -1.19. The monoisotopic (exact) mass is 362 g/mol. The van der Waals surface area contributed by atoms with Crippen molar-refractivity contribution in [2.75, 3.05) is 11.9 Å². The Morgan fingerprint density at radius 2 is 1.84 bits per heavy atom. The second-order valence-corrected chi connectivity index (χ2v) is 7.08. The summed E-state index contributed by atoms with van der Waals surface area (Å²) in [6.45, 7) is 3.13. The van der Waals surface area contributed by atoms with Crippen LogP contribution in [0, 0.1) is 13.8 Å². The molecule has 25 heavy (non-hydrogen) atoms. The molecule has 3 N–H and O–H groups in total. The zero-order valence-corrected chi connectivity index (χ0v) is 14.6. The van der Waals surface area contributed by atoms with Crippen molar-refractivity contribution in [3.8, 4) is 0 Å². The number of ether oxygens (including phenoxy) is 1. The van der Waals surface area contributed by atoms with Crippen LogP contribution >= 0.6 is 0 Å². The fourth-order valence-electron chi connectivity index (χ4n) is 2.11. The van der Waals surface area contributed by atoms with E-state index < -0.39 is 28.5 Å². The van der Waals surface area contributed by atoms with E-state index in [1.165, 1.54) is 24.3 Å². The fourth-order valence-corrected chi connectivity index (χ4v) is 2.67. The smallest absolute Gasteiger partial charge is 0.338 e. The van der Waals surface area contributed by atoms with Crippen LogP contribution in [0.1, 0.15) is 21.5 Å². The Morgan fingerprint density at radius 1 is 1.12 bits per heavy atom. The van der Waals surface area contributed by atoms with Crippen molar-refractivity contribution in [1.29, 1.82) is 0 Å². The maximum Gasteiger partial charge on any atom is 0.338 e. The predicted molar refractivity (Wildman–Crippen MR) is 92.6 cm³/mol. The quantitative estimate of drug-likeness (QED) is 0.786. The lowest BCUT2D eigenvalue weighted by molar-refractivity contribution is -0.119. The number of carbonyl (C=O) groups is 2. The van der Waals surface area contributed by atoms with E-state index in [0.717, 1.165) is 11.1 Å². The number of anilines is 1. The van der Waals surface area contributed by atoms with Crippen molar-refractivity contribution in [1.82, 2.24) is 0 Å². The number of esters is 1. The summed E-state index contributed by atoms with van der Waals surface area (Å²) in [4.78, 5) is 23.8. The summed E-state index contributed by atoms with van der Waals surface area (Å²) in [5.41, 5.74) is 2.28. The molecule has 0 saturated heterocycles. The number of sulfonamides is 1. The average Bonchev–Trinajstić information content (AvgIpc) is 2.54. The molecule has 0 aliphatic rings. The van der Waals surface area contributed by atoms with Crippen LogP contribution < -0.4 is 10.5 Å². The molecule has 0 atom stereocenters. The molecule has 0 aromatic heterocycles. The van der Waals surface area contributed by atoms with E-state index in [2.05, 4.69) is 5.32 Å². The highest BCUT2D eigenvalue weighted by molar-refractivity contribution is 7.89. The zero-order chi connectivity index (χ0) is 18.6. The summed E-state index contributed by atoms with van der Waals surface area (Å²) < 4.78 is 27.6. The van der Waals surface area contributed by atoms with Gasteiger partial charge in [-0.25, -0.2) is 18.4 Å². The van der Waals surface area contributed by atoms with Crippen LogP contribution in [-0.4, -0.2) is 26.9 Å². The summed E-state index contributed by atoms with van der Waals surface area (Å²) in [7, 11) is -3.87. The van der Waals surface area contributed by atoms with Crippen molar-refractivity contribution in [2.24, 2.45) is 5.14 Å². The van der Waals surface area contributed by atoms with Gasteiger partial charge in [-0.3, -0.25) is 4.79 Å². The molecule has 0 fully saturated rings. The molecule has 132 valence electrons. The number of hydrogen-bond donors (Lipinski definition) is 2. The first-order valence-corrected chi connectivity index (χ1v) is 8.88. The summed E-state index contributed by atoms with van der Waals surface area (Å²) in [6, 6.07) is 10.8. The van der Waals surface area contributed by atoms with Gasteiger partial charge in [-0.15, -0.1) is 0 Å². The van der Waals surface area contributed by atoms with E-state index in [-0.39, 0.29) is 10.6 Å². The number of benzene rings is 2. The summed E-state index contributed by atoms with van der Waals surface area (Å²) in [6.07, 6.45) is 0. The van der Waals surface area contributed by atoms with E-state index in [0.29, 0.717) is 5.56 Å².